The van der Waals surface area contributed by atoms with E-state index >= 15 is 0 Å². The lowest BCUT2D eigenvalue weighted by Crippen LogP contribution is -1.89. The zero-order chi connectivity index (χ0) is 14.5. The Morgan fingerprint density at radius 2 is 1.81 bits per heavy atom. The molecule has 0 radical (unpaired) electrons. The van der Waals surface area contributed by atoms with Crippen LogP contribution in [0.5, 0.6) is 0 Å². The van der Waals surface area contributed by atoms with Gasteiger partial charge in [0.1, 0.15) is 0 Å². The number of benzene rings is 2. The van der Waals surface area contributed by atoms with Gasteiger partial charge < -0.3 is 0 Å². The molecule has 0 unspecified atom stereocenters. The maximum Gasteiger partial charge on any atom is 0.203 e. The minimum atomic E-state index is 0.778. The number of aromatic nitrogens is 1. The number of hydrogen-bond donors (Lipinski definition) is 1. The van der Waals surface area contributed by atoms with Gasteiger partial charge in [0.15, 0.2) is 0 Å². The van der Waals surface area contributed by atoms with Gasteiger partial charge in [-0.1, -0.05) is 58.4 Å². The van der Waals surface area contributed by atoms with E-state index < -0.39 is 0 Å². The van der Waals surface area contributed by atoms with E-state index in [9.17, 15) is 0 Å². The van der Waals surface area contributed by atoms with Crippen molar-refractivity contribution in [3.63, 3.8) is 0 Å². The van der Waals surface area contributed by atoms with E-state index in [4.69, 9.17) is 0 Å². The summed E-state index contributed by atoms with van der Waals surface area (Å²) in [5.41, 5.74) is 6.05. The second kappa shape index (κ2) is 6.65. The predicted octanol–water partition coefficient (Wildman–Crippen LogP) is 5.02. The van der Waals surface area contributed by atoms with Crippen LogP contribution < -0.4 is 5.43 Å². The van der Waals surface area contributed by atoms with Crippen molar-refractivity contribution in [2.24, 2.45) is 5.10 Å². The highest BCUT2D eigenvalue weighted by Gasteiger charge is 2.03. The monoisotopic (exact) mass is 357 g/mol. The molecule has 3 nitrogen and oxygen atoms in total. The van der Waals surface area contributed by atoms with Crippen molar-refractivity contribution in [3.05, 3.63) is 70.0 Å². The molecule has 3 aromatic rings. The van der Waals surface area contributed by atoms with E-state index in [1.54, 1.807) is 6.21 Å². The van der Waals surface area contributed by atoms with Crippen molar-refractivity contribution in [2.45, 2.75) is 0 Å². The third-order valence-electron chi connectivity index (χ3n) is 2.82. The van der Waals surface area contributed by atoms with Gasteiger partial charge in [-0.15, -0.1) is 11.3 Å². The Kier molecular flexibility index (Phi) is 4.43. The number of anilines is 1. The van der Waals surface area contributed by atoms with Gasteiger partial charge in [-0.05, 0) is 17.7 Å². The molecule has 1 heterocycles. The van der Waals surface area contributed by atoms with Crippen molar-refractivity contribution in [3.8, 4) is 11.3 Å². The summed E-state index contributed by atoms with van der Waals surface area (Å²) in [4.78, 5) is 4.52. The summed E-state index contributed by atoms with van der Waals surface area (Å²) >= 11 is 4.97. The van der Waals surface area contributed by atoms with Crippen LogP contribution in [0.3, 0.4) is 0 Å². The molecule has 104 valence electrons. The van der Waals surface area contributed by atoms with Gasteiger partial charge in [-0.25, -0.2) is 4.98 Å². The van der Waals surface area contributed by atoms with Gasteiger partial charge in [0.05, 0.1) is 11.9 Å². The molecule has 5 heteroatoms. The zero-order valence-corrected chi connectivity index (χ0v) is 13.4. The van der Waals surface area contributed by atoms with Gasteiger partial charge in [0, 0.05) is 15.4 Å². The number of thiazole rings is 1. The van der Waals surface area contributed by atoms with Gasteiger partial charge in [-0.3, -0.25) is 5.43 Å². The zero-order valence-electron chi connectivity index (χ0n) is 11.0. The molecule has 3 rings (SSSR count). The van der Waals surface area contributed by atoms with E-state index in [0.717, 1.165) is 26.4 Å². The molecular weight excluding hydrogens is 346 g/mol. The van der Waals surface area contributed by atoms with Gasteiger partial charge >= 0.3 is 0 Å². The molecule has 0 fully saturated rings. The Morgan fingerprint density at radius 3 is 2.57 bits per heavy atom. The molecule has 0 amide bonds. The van der Waals surface area contributed by atoms with Crippen molar-refractivity contribution >= 4 is 38.6 Å². The standard InChI is InChI=1S/C16H12BrN3S/c17-14-8-6-13(7-9-14)15-11-21-16(19-15)20-18-10-12-4-2-1-3-5-12/h1-11H,(H,19,20)/b18-10+. The molecule has 0 aliphatic heterocycles. The summed E-state index contributed by atoms with van der Waals surface area (Å²) in [6, 6.07) is 18.0. The Morgan fingerprint density at radius 1 is 1.05 bits per heavy atom. The van der Waals surface area contributed by atoms with Gasteiger partial charge in [-0.2, -0.15) is 5.10 Å². The number of hydrazone groups is 1. The Balaban J connectivity index is 1.68. The fraction of sp³-hybridized carbons (Fsp3) is 0. The number of nitrogens with zero attached hydrogens (tertiary/aromatic N) is 2. The largest absolute Gasteiger partial charge is 0.253 e. The van der Waals surface area contributed by atoms with Crippen molar-refractivity contribution in [1.82, 2.24) is 4.98 Å². The van der Waals surface area contributed by atoms with Crippen LogP contribution in [0, 0.1) is 0 Å². The third-order valence-corrected chi connectivity index (χ3v) is 4.09. The first-order valence-corrected chi connectivity index (χ1v) is 8.04. The first kappa shape index (κ1) is 14.0. The van der Waals surface area contributed by atoms with Crippen LogP contribution in [0.15, 0.2) is 69.6 Å². The Bertz CT molecular complexity index is 736. The van der Waals surface area contributed by atoms with Crippen LogP contribution >= 0.6 is 27.3 Å². The lowest BCUT2D eigenvalue weighted by atomic mass is 10.2. The minimum Gasteiger partial charge on any atom is -0.253 e. The van der Waals surface area contributed by atoms with Crippen molar-refractivity contribution < 1.29 is 0 Å². The summed E-state index contributed by atoms with van der Waals surface area (Å²) < 4.78 is 1.06. The maximum absolute atomic E-state index is 4.52. The van der Waals surface area contributed by atoms with Crippen LogP contribution in [-0.4, -0.2) is 11.2 Å². The van der Waals surface area contributed by atoms with Crippen LogP contribution in [0.2, 0.25) is 0 Å². The molecule has 0 spiro atoms. The normalized spacial score (nSPS) is 10.9. The topological polar surface area (TPSA) is 37.3 Å². The quantitative estimate of drug-likeness (QED) is 0.525. The average molecular weight is 358 g/mol. The highest BCUT2D eigenvalue weighted by Crippen LogP contribution is 2.25. The fourth-order valence-corrected chi connectivity index (χ4v) is 2.71. The molecule has 2 aromatic carbocycles. The van der Waals surface area contributed by atoms with Gasteiger partial charge in [0.2, 0.25) is 5.13 Å². The lowest BCUT2D eigenvalue weighted by Gasteiger charge is -1.96. The van der Waals surface area contributed by atoms with E-state index in [2.05, 4.69) is 31.4 Å². The molecule has 1 aromatic heterocycles. The molecule has 0 aliphatic rings. The SMILES string of the molecule is Brc1ccc(-c2csc(N/N=C/c3ccccc3)n2)cc1. The summed E-state index contributed by atoms with van der Waals surface area (Å²) in [5, 5.41) is 6.99. The summed E-state index contributed by atoms with van der Waals surface area (Å²) in [5.74, 6) is 0. The minimum absolute atomic E-state index is 0.778. The number of halogens is 1. The second-order valence-electron chi connectivity index (χ2n) is 4.33. The first-order chi connectivity index (χ1) is 10.3. The number of rotatable bonds is 4. The second-order valence-corrected chi connectivity index (χ2v) is 6.10. The highest BCUT2D eigenvalue weighted by atomic mass is 79.9. The average Bonchev–Trinajstić information content (AvgIpc) is 2.98. The molecule has 0 saturated carbocycles. The Labute approximate surface area is 135 Å². The summed E-state index contributed by atoms with van der Waals surface area (Å²) in [7, 11) is 0. The predicted molar refractivity (Wildman–Crippen MR) is 92.9 cm³/mol. The van der Waals surface area contributed by atoms with Crippen LogP contribution in [0.25, 0.3) is 11.3 Å². The molecular formula is C16H12BrN3S. The van der Waals surface area contributed by atoms with E-state index in [1.807, 2.05) is 60.0 Å². The van der Waals surface area contributed by atoms with Gasteiger partial charge in [0.25, 0.3) is 0 Å². The lowest BCUT2D eigenvalue weighted by molar-refractivity contribution is 1.29. The molecule has 21 heavy (non-hydrogen) atoms. The van der Waals surface area contributed by atoms with Crippen LogP contribution in [-0.2, 0) is 0 Å². The Hall–Kier alpha value is -1.98. The molecule has 0 atom stereocenters. The van der Waals surface area contributed by atoms with E-state index in [1.165, 1.54) is 11.3 Å². The number of nitrogens with one attached hydrogen (secondary N) is 1. The first-order valence-electron chi connectivity index (χ1n) is 6.37. The molecule has 0 aliphatic carbocycles. The van der Waals surface area contributed by atoms with Crippen LogP contribution in [0.4, 0.5) is 5.13 Å². The van der Waals surface area contributed by atoms with E-state index in [0.29, 0.717) is 0 Å². The third kappa shape index (κ3) is 3.77. The summed E-state index contributed by atoms with van der Waals surface area (Å²) in [6.45, 7) is 0. The van der Waals surface area contributed by atoms with Crippen molar-refractivity contribution in [2.75, 3.05) is 5.43 Å². The highest BCUT2D eigenvalue weighted by molar-refractivity contribution is 9.10. The van der Waals surface area contributed by atoms with Crippen LogP contribution in [0.1, 0.15) is 5.56 Å². The molecule has 0 bridgehead atoms. The fourth-order valence-electron chi connectivity index (χ4n) is 1.78. The number of hydrogen-bond acceptors (Lipinski definition) is 4. The molecule has 0 saturated heterocycles. The smallest absolute Gasteiger partial charge is 0.203 e. The van der Waals surface area contributed by atoms with Crippen molar-refractivity contribution in [1.29, 1.82) is 0 Å². The van der Waals surface area contributed by atoms with E-state index in [-0.39, 0.29) is 0 Å². The molecule has 1 N–H and O–H groups in total. The maximum atomic E-state index is 4.52. The summed E-state index contributed by atoms with van der Waals surface area (Å²) in [6.07, 6.45) is 1.78.